The van der Waals surface area contributed by atoms with Gasteiger partial charge in [0.25, 0.3) is 0 Å². The highest BCUT2D eigenvalue weighted by molar-refractivity contribution is 7.98. The Bertz CT molecular complexity index is 506. The summed E-state index contributed by atoms with van der Waals surface area (Å²) < 4.78 is 5.46. The van der Waals surface area contributed by atoms with Crippen molar-refractivity contribution in [1.29, 1.82) is 0 Å². The van der Waals surface area contributed by atoms with Crippen LogP contribution >= 0.6 is 11.8 Å². The number of carbonyl (C=O) groups excluding carboxylic acids is 1. The van der Waals surface area contributed by atoms with Crippen LogP contribution in [-0.4, -0.2) is 18.6 Å². The molecular weight excluding hydrogens is 244 g/mol. The summed E-state index contributed by atoms with van der Waals surface area (Å²) in [5.41, 5.74) is 0.679. The summed E-state index contributed by atoms with van der Waals surface area (Å²) >= 11 is 1.68. The minimum absolute atomic E-state index is 0.00968. The van der Waals surface area contributed by atoms with Crippen LogP contribution in [0.4, 0.5) is 0 Å². The first kappa shape index (κ1) is 12.7. The lowest BCUT2D eigenvalue weighted by molar-refractivity contribution is 0.0921. The molecule has 92 valence electrons. The van der Waals surface area contributed by atoms with Gasteiger partial charge in [-0.05, 0) is 30.5 Å². The Kier molecular flexibility index (Phi) is 4.42. The van der Waals surface area contributed by atoms with E-state index in [9.17, 15) is 4.79 Å². The Morgan fingerprint density at radius 2 is 1.72 bits per heavy atom. The molecule has 0 radical (unpaired) electrons. The Hall–Kier alpha value is -1.74. The van der Waals surface area contributed by atoms with E-state index < -0.39 is 0 Å². The van der Waals surface area contributed by atoms with Gasteiger partial charge in [-0.2, -0.15) is 0 Å². The Morgan fingerprint density at radius 1 is 1.06 bits per heavy atom. The lowest BCUT2D eigenvalue weighted by Gasteiger charge is -2.06. The van der Waals surface area contributed by atoms with Gasteiger partial charge in [0.15, 0.2) is 12.4 Å². The predicted molar refractivity (Wildman–Crippen MR) is 74.5 cm³/mol. The minimum Gasteiger partial charge on any atom is -0.485 e. The van der Waals surface area contributed by atoms with Gasteiger partial charge in [-0.15, -0.1) is 11.8 Å². The molecule has 0 atom stereocenters. The molecule has 0 amide bonds. The average molecular weight is 258 g/mol. The number of rotatable bonds is 5. The molecule has 0 N–H and O–H groups in total. The lowest BCUT2D eigenvalue weighted by Crippen LogP contribution is -2.11. The highest BCUT2D eigenvalue weighted by Gasteiger charge is 2.05. The summed E-state index contributed by atoms with van der Waals surface area (Å²) in [7, 11) is 0. The molecule has 2 rings (SSSR count). The third-order valence-corrected chi connectivity index (χ3v) is 3.27. The SMILES string of the molecule is CSc1ccc(OCC(=O)c2ccccc2)cc1. The summed E-state index contributed by atoms with van der Waals surface area (Å²) in [5.74, 6) is 0.710. The summed E-state index contributed by atoms with van der Waals surface area (Å²) in [6, 6.07) is 16.9. The number of benzene rings is 2. The van der Waals surface area contributed by atoms with Crippen LogP contribution in [0.25, 0.3) is 0 Å². The predicted octanol–water partition coefficient (Wildman–Crippen LogP) is 3.67. The van der Waals surface area contributed by atoms with E-state index in [0.717, 1.165) is 5.75 Å². The molecule has 0 saturated carbocycles. The summed E-state index contributed by atoms with van der Waals surface area (Å²) in [6.45, 7) is 0.0721. The van der Waals surface area contributed by atoms with Crippen molar-refractivity contribution >= 4 is 17.5 Å². The molecule has 3 heteroatoms. The van der Waals surface area contributed by atoms with Crippen LogP contribution in [0.15, 0.2) is 59.5 Å². The average Bonchev–Trinajstić information content (AvgIpc) is 2.46. The first-order valence-corrected chi connectivity index (χ1v) is 6.87. The van der Waals surface area contributed by atoms with Crippen LogP contribution in [0.1, 0.15) is 10.4 Å². The van der Waals surface area contributed by atoms with Crippen LogP contribution in [0.5, 0.6) is 5.75 Å². The van der Waals surface area contributed by atoms with Crippen molar-refractivity contribution in [3.63, 3.8) is 0 Å². The maximum Gasteiger partial charge on any atom is 0.200 e. The third-order valence-electron chi connectivity index (χ3n) is 2.53. The van der Waals surface area contributed by atoms with E-state index >= 15 is 0 Å². The minimum atomic E-state index is -0.00968. The van der Waals surface area contributed by atoms with Crippen LogP contribution in [-0.2, 0) is 0 Å². The maximum atomic E-state index is 11.8. The Morgan fingerprint density at radius 3 is 2.33 bits per heavy atom. The van der Waals surface area contributed by atoms with E-state index in [0.29, 0.717) is 5.56 Å². The number of carbonyl (C=O) groups is 1. The van der Waals surface area contributed by atoms with Crippen molar-refractivity contribution in [3.05, 3.63) is 60.2 Å². The highest BCUT2D eigenvalue weighted by Crippen LogP contribution is 2.19. The summed E-state index contributed by atoms with van der Waals surface area (Å²) in [5, 5.41) is 0. The molecule has 2 aromatic rings. The molecule has 2 aromatic carbocycles. The zero-order valence-corrected chi connectivity index (χ0v) is 10.9. The van der Waals surface area contributed by atoms with Gasteiger partial charge >= 0.3 is 0 Å². The topological polar surface area (TPSA) is 26.3 Å². The zero-order valence-electron chi connectivity index (χ0n) is 10.1. The second-order valence-electron chi connectivity index (χ2n) is 3.75. The normalized spacial score (nSPS) is 10.1. The molecule has 0 aliphatic carbocycles. The van der Waals surface area contributed by atoms with Crippen molar-refractivity contribution in [1.82, 2.24) is 0 Å². The van der Waals surface area contributed by atoms with Gasteiger partial charge < -0.3 is 4.74 Å². The number of ether oxygens (including phenoxy) is 1. The molecule has 0 aliphatic heterocycles. The molecule has 0 fully saturated rings. The second-order valence-corrected chi connectivity index (χ2v) is 4.63. The second kappa shape index (κ2) is 6.26. The number of Topliss-reactive ketones (excluding diaryl/α,β-unsaturated/α-hetero) is 1. The van der Waals surface area contributed by atoms with Crippen LogP contribution in [0, 0.1) is 0 Å². The number of hydrogen-bond acceptors (Lipinski definition) is 3. The van der Waals surface area contributed by atoms with E-state index in [1.807, 2.05) is 48.7 Å². The smallest absolute Gasteiger partial charge is 0.200 e. The van der Waals surface area contributed by atoms with Gasteiger partial charge in [0.05, 0.1) is 0 Å². The molecule has 0 spiro atoms. The number of hydrogen-bond donors (Lipinski definition) is 0. The first-order valence-electron chi connectivity index (χ1n) is 5.64. The third kappa shape index (κ3) is 3.37. The fraction of sp³-hybridized carbons (Fsp3) is 0.133. The van der Waals surface area contributed by atoms with Crippen LogP contribution in [0.2, 0.25) is 0 Å². The molecule has 0 unspecified atom stereocenters. The van der Waals surface area contributed by atoms with Crippen molar-refractivity contribution in [2.45, 2.75) is 4.90 Å². The van der Waals surface area contributed by atoms with E-state index in [1.165, 1.54) is 4.90 Å². The van der Waals surface area contributed by atoms with Crippen molar-refractivity contribution in [3.8, 4) is 5.75 Å². The maximum absolute atomic E-state index is 11.8. The van der Waals surface area contributed by atoms with Gasteiger partial charge in [-0.3, -0.25) is 4.79 Å². The fourth-order valence-electron chi connectivity index (χ4n) is 1.53. The van der Waals surface area contributed by atoms with Crippen LogP contribution in [0.3, 0.4) is 0 Å². The monoisotopic (exact) mass is 258 g/mol. The quantitative estimate of drug-likeness (QED) is 0.604. The molecule has 0 heterocycles. The van der Waals surface area contributed by atoms with Gasteiger partial charge in [0, 0.05) is 10.5 Å². The van der Waals surface area contributed by atoms with Crippen molar-refractivity contribution in [2.24, 2.45) is 0 Å². The standard InChI is InChI=1S/C15H14O2S/c1-18-14-9-7-13(8-10-14)17-11-15(16)12-5-3-2-4-6-12/h2-10H,11H2,1H3. The molecule has 0 aromatic heterocycles. The molecule has 0 bridgehead atoms. The first-order chi connectivity index (χ1) is 8.79. The van der Waals surface area contributed by atoms with Crippen LogP contribution < -0.4 is 4.74 Å². The van der Waals surface area contributed by atoms with Gasteiger partial charge in [0.2, 0.25) is 0 Å². The van der Waals surface area contributed by atoms with Gasteiger partial charge in [-0.25, -0.2) is 0 Å². The van der Waals surface area contributed by atoms with Gasteiger partial charge in [-0.1, -0.05) is 30.3 Å². The fourth-order valence-corrected chi connectivity index (χ4v) is 1.94. The lowest BCUT2D eigenvalue weighted by atomic mass is 10.1. The Balaban J connectivity index is 1.93. The molecule has 0 saturated heterocycles. The molecule has 2 nitrogen and oxygen atoms in total. The van der Waals surface area contributed by atoms with Crippen molar-refractivity contribution < 1.29 is 9.53 Å². The zero-order chi connectivity index (χ0) is 12.8. The van der Waals surface area contributed by atoms with E-state index in [2.05, 4.69) is 0 Å². The molecule has 0 aliphatic rings. The Labute approximate surface area is 111 Å². The van der Waals surface area contributed by atoms with E-state index in [1.54, 1.807) is 23.9 Å². The number of ketones is 1. The van der Waals surface area contributed by atoms with E-state index in [4.69, 9.17) is 4.74 Å². The summed E-state index contributed by atoms with van der Waals surface area (Å²) in [4.78, 5) is 13.0. The van der Waals surface area contributed by atoms with Gasteiger partial charge in [0.1, 0.15) is 5.75 Å². The largest absolute Gasteiger partial charge is 0.485 e. The van der Waals surface area contributed by atoms with E-state index in [-0.39, 0.29) is 12.4 Å². The van der Waals surface area contributed by atoms with Crippen molar-refractivity contribution in [2.75, 3.05) is 12.9 Å². The number of thioether (sulfide) groups is 1. The summed E-state index contributed by atoms with van der Waals surface area (Å²) in [6.07, 6.45) is 2.02. The molecular formula is C15H14O2S. The highest BCUT2D eigenvalue weighted by atomic mass is 32.2. The molecule has 18 heavy (non-hydrogen) atoms.